The number of hydrogen-bond donors (Lipinski definition) is 2. The van der Waals surface area contributed by atoms with E-state index in [9.17, 15) is 9.59 Å². The van der Waals surface area contributed by atoms with Crippen molar-refractivity contribution in [2.24, 2.45) is 0 Å². The lowest BCUT2D eigenvalue weighted by molar-refractivity contribution is -0.139. The molecule has 5 nitrogen and oxygen atoms in total. The van der Waals surface area contributed by atoms with Gasteiger partial charge in [-0.1, -0.05) is 23.7 Å². The molecule has 0 aliphatic rings. The van der Waals surface area contributed by atoms with Crippen LogP contribution in [0, 0.1) is 0 Å². The smallest absolute Gasteiger partial charge is 0.326 e. The number of hydrogen-bond acceptors (Lipinski definition) is 4. The highest BCUT2D eigenvalue weighted by Crippen LogP contribution is 2.29. The molecule has 2 rings (SSSR count). The van der Waals surface area contributed by atoms with Crippen LogP contribution in [-0.2, 0) is 4.79 Å². The van der Waals surface area contributed by atoms with Crippen molar-refractivity contribution in [1.29, 1.82) is 0 Å². The minimum absolute atomic E-state index is 0.0512. The molecule has 0 aliphatic carbocycles. The molecule has 122 valence electrons. The van der Waals surface area contributed by atoms with Crippen LogP contribution >= 0.6 is 23.4 Å². The molecule has 0 aliphatic heterocycles. The average molecular weight is 354 g/mol. The van der Waals surface area contributed by atoms with Crippen LogP contribution in [0.4, 0.5) is 0 Å². The summed E-state index contributed by atoms with van der Waals surface area (Å²) in [5.74, 6) is -0.477. The minimum atomic E-state index is -1.06. The van der Waals surface area contributed by atoms with Gasteiger partial charge in [-0.3, -0.25) is 4.79 Å². The van der Waals surface area contributed by atoms with Gasteiger partial charge < -0.3 is 14.8 Å². The Morgan fingerprint density at radius 3 is 2.70 bits per heavy atom. The third-order valence-electron chi connectivity index (χ3n) is 3.18. The molecule has 1 amide bonds. The molecule has 1 unspecified atom stereocenters. The second kappa shape index (κ2) is 8.08. The zero-order chi connectivity index (χ0) is 16.8. The van der Waals surface area contributed by atoms with Gasteiger partial charge in [-0.2, -0.15) is 11.8 Å². The summed E-state index contributed by atoms with van der Waals surface area (Å²) < 4.78 is 5.50. The fraction of sp³-hybridized carbons (Fsp3) is 0.250. The summed E-state index contributed by atoms with van der Waals surface area (Å²) >= 11 is 7.61. The van der Waals surface area contributed by atoms with Crippen molar-refractivity contribution in [2.75, 3.05) is 12.0 Å². The number of benzene rings is 1. The maximum Gasteiger partial charge on any atom is 0.326 e. The largest absolute Gasteiger partial charge is 0.480 e. The number of carbonyl (C=O) groups excluding carboxylic acids is 1. The van der Waals surface area contributed by atoms with Crippen molar-refractivity contribution in [1.82, 2.24) is 5.32 Å². The Bertz CT molecular complexity index is 701. The monoisotopic (exact) mass is 353 g/mol. The quantitative estimate of drug-likeness (QED) is 0.795. The van der Waals surface area contributed by atoms with Crippen molar-refractivity contribution in [2.45, 2.75) is 12.5 Å². The predicted octanol–water partition coefficient (Wildman–Crippen LogP) is 3.54. The topological polar surface area (TPSA) is 79.5 Å². The Hall–Kier alpha value is -1.92. The minimum Gasteiger partial charge on any atom is -0.480 e. The standard InChI is InChI=1S/C16H16ClNO4S/c1-23-9-8-12(16(20)21)18-15(19)14-7-6-13(22-14)10-4-2-3-5-11(10)17/h2-7,12H,8-9H2,1H3,(H,18,19)(H,20,21). The van der Waals surface area contributed by atoms with E-state index < -0.39 is 17.9 Å². The Labute approximate surface area is 143 Å². The highest BCUT2D eigenvalue weighted by Gasteiger charge is 2.22. The molecule has 0 spiro atoms. The molecule has 0 radical (unpaired) electrons. The zero-order valence-electron chi connectivity index (χ0n) is 12.4. The van der Waals surface area contributed by atoms with Gasteiger partial charge in [0.25, 0.3) is 5.91 Å². The normalized spacial score (nSPS) is 11.9. The Morgan fingerprint density at radius 1 is 1.30 bits per heavy atom. The van der Waals surface area contributed by atoms with E-state index in [1.807, 2.05) is 12.3 Å². The molecule has 2 N–H and O–H groups in total. The first kappa shape index (κ1) is 17.4. The summed E-state index contributed by atoms with van der Waals surface area (Å²) in [7, 11) is 0. The number of nitrogens with one attached hydrogen (secondary N) is 1. The molecule has 7 heteroatoms. The number of thioether (sulfide) groups is 1. The van der Waals surface area contributed by atoms with Crippen LogP contribution in [0.5, 0.6) is 0 Å². The number of amides is 1. The molecule has 0 saturated carbocycles. The van der Waals surface area contributed by atoms with Crippen LogP contribution in [0.1, 0.15) is 17.0 Å². The van der Waals surface area contributed by atoms with Crippen LogP contribution in [-0.4, -0.2) is 35.0 Å². The van der Waals surface area contributed by atoms with E-state index in [0.717, 1.165) is 0 Å². The molecule has 1 aromatic carbocycles. The molecule has 0 fully saturated rings. The van der Waals surface area contributed by atoms with E-state index in [1.54, 1.807) is 24.3 Å². The third kappa shape index (κ3) is 4.53. The van der Waals surface area contributed by atoms with Crippen LogP contribution in [0.2, 0.25) is 5.02 Å². The van der Waals surface area contributed by atoms with Gasteiger partial charge in [0, 0.05) is 5.56 Å². The number of halogens is 1. The van der Waals surface area contributed by atoms with Gasteiger partial charge in [-0.25, -0.2) is 4.79 Å². The van der Waals surface area contributed by atoms with Gasteiger partial charge in [-0.05, 0) is 42.7 Å². The molecule has 1 heterocycles. The summed E-state index contributed by atoms with van der Waals surface area (Å²) in [5.41, 5.74) is 0.672. The number of aliphatic carboxylic acids is 1. The molecule has 2 aromatic rings. The lowest BCUT2D eigenvalue weighted by Crippen LogP contribution is -2.41. The summed E-state index contributed by atoms with van der Waals surface area (Å²) in [5, 5.41) is 12.1. The lowest BCUT2D eigenvalue weighted by Gasteiger charge is -2.12. The average Bonchev–Trinajstić information content (AvgIpc) is 3.01. The molecular weight excluding hydrogens is 338 g/mol. The summed E-state index contributed by atoms with van der Waals surface area (Å²) in [6.45, 7) is 0. The van der Waals surface area contributed by atoms with Crippen LogP contribution in [0.25, 0.3) is 11.3 Å². The van der Waals surface area contributed by atoms with E-state index in [4.69, 9.17) is 21.1 Å². The van der Waals surface area contributed by atoms with Gasteiger partial charge in [-0.15, -0.1) is 0 Å². The van der Waals surface area contributed by atoms with E-state index in [-0.39, 0.29) is 5.76 Å². The van der Waals surface area contributed by atoms with E-state index in [0.29, 0.717) is 28.5 Å². The predicted molar refractivity (Wildman–Crippen MR) is 91.0 cm³/mol. The maximum atomic E-state index is 12.1. The van der Waals surface area contributed by atoms with Gasteiger partial charge in [0.15, 0.2) is 5.76 Å². The summed E-state index contributed by atoms with van der Waals surface area (Å²) in [6.07, 6.45) is 2.23. The zero-order valence-corrected chi connectivity index (χ0v) is 14.0. The molecular formula is C16H16ClNO4S. The van der Waals surface area contributed by atoms with Crippen LogP contribution < -0.4 is 5.32 Å². The number of rotatable bonds is 7. The van der Waals surface area contributed by atoms with Crippen molar-refractivity contribution in [3.05, 3.63) is 47.2 Å². The Balaban J connectivity index is 2.12. The molecule has 1 aromatic heterocycles. The van der Waals surface area contributed by atoms with Gasteiger partial charge in [0.1, 0.15) is 11.8 Å². The number of carbonyl (C=O) groups is 2. The van der Waals surface area contributed by atoms with Gasteiger partial charge >= 0.3 is 5.97 Å². The van der Waals surface area contributed by atoms with Crippen LogP contribution in [0.3, 0.4) is 0 Å². The number of carboxylic acid groups (broad SMARTS) is 1. The number of carboxylic acids is 1. The SMILES string of the molecule is CSCCC(NC(=O)c1ccc(-c2ccccc2Cl)o1)C(=O)O. The van der Waals surface area contributed by atoms with Crippen LogP contribution in [0.15, 0.2) is 40.8 Å². The molecule has 23 heavy (non-hydrogen) atoms. The lowest BCUT2D eigenvalue weighted by atomic mass is 10.2. The summed E-state index contributed by atoms with van der Waals surface area (Å²) in [6, 6.07) is 9.31. The fourth-order valence-corrected chi connectivity index (χ4v) is 2.69. The Kier molecular flexibility index (Phi) is 6.12. The first-order valence-electron chi connectivity index (χ1n) is 6.90. The molecule has 0 bridgehead atoms. The van der Waals surface area contributed by atoms with Crippen molar-refractivity contribution < 1.29 is 19.1 Å². The van der Waals surface area contributed by atoms with Crippen molar-refractivity contribution in [3.63, 3.8) is 0 Å². The third-order valence-corrected chi connectivity index (χ3v) is 4.16. The second-order valence-corrected chi connectivity index (χ2v) is 6.18. The Morgan fingerprint density at radius 2 is 2.04 bits per heavy atom. The van der Waals surface area contributed by atoms with E-state index in [2.05, 4.69) is 5.32 Å². The van der Waals surface area contributed by atoms with Crippen molar-refractivity contribution in [3.8, 4) is 11.3 Å². The molecule has 0 saturated heterocycles. The maximum absolute atomic E-state index is 12.1. The number of furan rings is 1. The highest BCUT2D eigenvalue weighted by atomic mass is 35.5. The van der Waals surface area contributed by atoms with Gasteiger partial charge in [0.05, 0.1) is 5.02 Å². The molecule has 1 atom stereocenters. The van der Waals surface area contributed by atoms with Crippen molar-refractivity contribution >= 4 is 35.2 Å². The first-order valence-corrected chi connectivity index (χ1v) is 8.67. The van der Waals surface area contributed by atoms with E-state index >= 15 is 0 Å². The summed E-state index contributed by atoms with van der Waals surface area (Å²) in [4.78, 5) is 23.3. The first-order chi connectivity index (χ1) is 11.0. The second-order valence-electron chi connectivity index (χ2n) is 4.79. The highest BCUT2D eigenvalue weighted by molar-refractivity contribution is 7.98. The van der Waals surface area contributed by atoms with Gasteiger partial charge in [0.2, 0.25) is 0 Å². The van der Waals surface area contributed by atoms with E-state index in [1.165, 1.54) is 17.8 Å². The fourth-order valence-electron chi connectivity index (χ4n) is 1.99.